The van der Waals surface area contributed by atoms with Gasteiger partial charge in [-0.1, -0.05) is 41.4 Å². The van der Waals surface area contributed by atoms with E-state index < -0.39 is 4.92 Å². The van der Waals surface area contributed by atoms with E-state index in [-0.39, 0.29) is 27.7 Å². The molecule has 4 aliphatic rings. The monoisotopic (exact) mass is 522 g/mol. The number of halogens is 1. The zero-order chi connectivity index (χ0) is 25.9. The number of carbonyl (C=O) groups excluding carboxylic acids is 1. The van der Waals surface area contributed by atoms with Crippen LogP contribution in [0.15, 0.2) is 36.5 Å². The Bertz CT molecular complexity index is 1380. The average molecular weight is 523 g/mol. The van der Waals surface area contributed by atoms with E-state index in [1.807, 2.05) is 34.6 Å². The maximum atomic E-state index is 13.3. The van der Waals surface area contributed by atoms with E-state index >= 15 is 0 Å². The number of nitro groups is 1. The molecule has 1 N–H and O–H groups in total. The molecule has 2 aromatic heterocycles. The minimum atomic E-state index is -0.506. The molecule has 2 heterocycles. The van der Waals surface area contributed by atoms with Gasteiger partial charge < -0.3 is 15.4 Å². The summed E-state index contributed by atoms with van der Waals surface area (Å²) in [5.74, 6) is 1.23. The fraction of sp³-hybridized carbons (Fsp3) is 0.519. The van der Waals surface area contributed by atoms with Crippen LogP contribution in [0.3, 0.4) is 0 Å². The molecule has 3 aromatic rings. The Labute approximate surface area is 220 Å². The van der Waals surface area contributed by atoms with Crippen molar-refractivity contribution in [3.63, 3.8) is 0 Å². The molecule has 9 nitrogen and oxygen atoms in total. The Morgan fingerprint density at radius 1 is 1.19 bits per heavy atom. The van der Waals surface area contributed by atoms with E-state index in [4.69, 9.17) is 11.6 Å². The van der Waals surface area contributed by atoms with E-state index in [9.17, 15) is 14.9 Å². The Hall–Kier alpha value is -3.20. The lowest BCUT2D eigenvalue weighted by Gasteiger charge is -2.61. The largest absolute Gasteiger partial charge is 0.408 e. The van der Waals surface area contributed by atoms with Gasteiger partial charge >= 0.3 is 5.82 Å². The summed E-state index contributed by atoms with van der Waals surface area (Å²) in [5.41, 5.74) is 2.55. The first-order valence-corrected chi connectivity index (χ1v) is 13.3. The van der Waals surface area contributed by atoms with Crippen LogP contribution in [-0.4, -0.2) is 30.4 Å². The van der Waals surface area contributed by atoms with Crippen molar-refractivity contribution in [3.8, 4) is 0 Å². The Balaban J connectivity index is 1.19. The molecule has 4 fully saturated rings. The van der Waals surface area contributed by atoms with E-state index in [0.717, 1.165) is 44.1 Å². The molecule has 10 heteroatoms. The summed E-state index contributed by atoms with van der Waals surface area (Å²) in [5, 5.41) is 23.6. The maximum absolute atomic E-state index is 13.3. The van der Waals surface area contributed by atoms with Gasteiger partial charge in [0.2, 0.25) is 5.91 Å². The number of hydrogen-bond acceptors (Lipinski definition) is 5. The fourth-order valence-electron chi connectivity index (χ4n) is 7.95. The van der Waals surface area contributed by atoms with Crippen LogP contribution in [0.5, 0.6) is 0 Å². The Morgan fingerprint density at radius 3 is 2.62 bits per heavy atom. The van der Waals surface area contributed by atoms with Gasteiger partial charge in [0.25, 0.3) is 0 Å². The van der Waals surface area contributed by atoms with Crippen LogP contribution >= 0.6 is 11.6 Å². The van der Waals surface area contributed by atoms with Crippen LogP contribution in [0.1, 0.15) is 61.8 Å². The predicted molar refractivity (Wildman–Crippen MR) is 139 cm³/mol. The average Bonchev–Trinajstić information content (AvgIpc) is 3.36. The molecule has 0 saturated heterocycles. The molecule has 4 aliphatic carbocycles. The molecule has 4 saturated carbocycles. The number of rotatable bonds is 7. The second-order valence-corrected chi connectivity index (χ2v) is 12.1. The first kappa shape index (κ1) is 24.2. The van der Waals surface area contributed by atoms with Crippen LogP contribution in [0.2, 0.25) is 5.02 Å². The highest BCUT2D eigenvalue weighted by molar-refractivity contribution is 6.33. The first-order valence-electron chi connectivity index (χ1n) is 12.9. The summed E-state index contributed by atoms with van der Waals surface area (Å²) in [6, 6.07) is 10.1. The van der Waals surface area contributed by atoms with Crippen molar-refractivity contribution >= 4 is 29.1 Å². The molecule has 4 bridgehead atoms. The molecule has 0 radical (unpaired) electrons. The van der Waals surface area contributed by atoms with Gasteiger partial charge in [-0.15, -0.1) is 0 Å². The van der Waals surface area contributed by atoms with E-state index in [0.29, 0.717) is 36.3 Å². The minimum Gasteiger partial charge on any atom is -0.358 e. The predicted octanol–water partition coefficient (Wildman–Crippen LogP) is 5.63. The summed E-state index contributed by atoms with van der Waals surface area (Å²) >= 11 is 6.32. The molecule has 37 heavy (non-hydrogen) atoms. The summed E-state index contributed by atoms with van der Waals surface area (Å²) in [6.07, 6.45) is 8.14. The molecule has 0 aliphatic heterocycles. The van der Waals surface area contributed by atoms with Crippen LogP contribution in [0.25, 0.3) is 0 Å². The van der Waals surface area contributed by atoms with Gasteiger partial charge in [0.15, 0.2) is 10.8 Å². The molecular weight excluding hydrogens is 492 g/mol. The maximum Gasteiger partial charge on any atom is 0.408 e. The van der Waals surface area contributed by atoms with E-state index in [1.165, 1.54) is 5.56 Å². The number of nitrogens with one attached hydrogen (secondary N) is 1. The zero-order valence-electron chi connectivity index (χ0n) is 21.1. The number of nitrogens with zero attached hydrogens (tertiary/aromatic N) is 5. The van der Waals surface area contributed by atoms with E-state index in [1.54, 1.807) is 0 Å². The number of benzene rings is 1. The van der Waals surface area contributed by atoms with Crippen molar-refractivity contribution in [1.82, 2.24) is 19.6 Å². The van der Waals surface area contributed by atoms with Crippen LogP contribution < -0.4 is 5.32 Å². The molecule has 2 atom stereocenters. The summed E-state index contributed by atoms with van der Waals surface area (Å²) in [7, 11) is 0. The van der Waals surface area contributed by atoms with Crippen molar-refractivity contribution in [3.05, 3.63) is 68.5 Å². The smallest absolute Gasteiger partial charge is 0.358 e. The van der Waals surface area contributed by atoms with Gasteiger partial charge in [-0.3, -0.25) is 9.48 Å². The van der Waals surface area contributed by atoms with Crippen molar-refractivity contribution in [2.45, 2.75) is 70.9 Å². The number of carbonyl (C=O) groups is 1. The topological polar surface area (TPSA) is 108 Å². The molecule has 7 rings (SSSR count). The normalized spacial score (nSPS) is 28.0. The van der Waals surface area contributed by atoms with Gasteiger partial charge in [0, 0.05) is 18.7 Å². The third kappa shape index (κ3) is 4.33. The van der Waals surface area contributed by atoms with Crippen molar-refractivity contribution in [2.24, 2.45) is 17.3 Å². The SMILES string of the molecule is Cc1cccc(Cn2ccc(NC(=O)CC34CC5CC(C3)CC(n3nc([N+](=O)[O-])c(Cl)c3C)(C5)C4)n2)c1. The number of amides is 1. The van der Waals surface area contributed by atoms with Crippen LogP contribution in [0, 0.1) is 41.2 Å². The summed E-state index contributed by atoms with van der Waals surface area (Å²) in [6.45, 7) is 4.52. The highest BCUT2D eigenvalue weighted by Crippen LogP contribution is 2.65. The minimum absolute atomic E-state index is 0.0286. The highest BCUT2D eigenvalue weighted by atomic mass is 35.5. The molecule has 1 amide bonds. The number of hydrogen-bond donors (Lipinski definition) is 1. The molecule has 1 aromatic carbocycles. The van der Waals surface area contributed by atoms with Gasteiger partial charge in [-0.2, -0.15) is 9.78 Å². The van der Waals surface area contributed by atoms with Crippen LogP contribution in [-0.2, 0) is 16.9 Å². The second kappa shape index (κ2) is 8.68. The Morgan fingerprint density at radius 2 is 1.95 bits per heavy atom. The lowest BCUT2D eigenvalue weighted by atomic mass is 9.46. The zero-order valence-corrected chi connectivity index (χ0v) is 21.9. The standard InChI is InChI=1S/C27H31ClN6O3/c1-17-4-3-5-19(8-17)15-32-7-6-22(30-32)29-23(35)14-26-10-20-9-21(11-26)13-27(12-20,16-26)33-18(2)24(28)25(31-33)34(36)37/h3-8,20-21H,9-16H2,1-2H3,(H,29,30,35). The van der Waals surface area contributed by atoms with Crippen molar-refractivity contribution < 1.29 is 9.72 Å². The molecule has 0 spiro atoms. The van der Waals surface area contributed by atoms with Gasteiger partial charge in [0.1, 0.15) is 0 Å². The highest BCUT2D eigenvalue weighted by Gasteiger charge is 2.60. The number of aryl methyl sites for hydroxylation is 1. The third-order valence-electron chi connectivity index (χ3n) is 8.67. The summed E-state index contributed by atoms with van der Waals surface area (Å²) < 4.78 is 3.67. The summed E-state index contributed by atoms with van der Waals surface area (Å²) in [4.78, 5) is 24.3. The van der Waals surface area contributed by atoms with Crippen molar-refractivity contribution in [2.75, 3.05) is 5.32 Å². The second-order valence-electron chi connectivity index (χ2n) is 11.7. The molecular formula is C27H31ClN6O3. The van der Waals surface area contributed by atoms with E-state index in [2.05, 4.69) is 40.6 Å². The quantitative estimate of drug-likeness (QED) is 0.319. The van der Waals surface area contributed by atoms with Gasteiger partial charge in [-0.05, 0) is 80.1 Å². The third-order valence-corrected chi connectivity index (χ3v) is 9.11. The number of aromatic nitrogens is 4. The Kier molecular flexibility index (Phi) is 5.67. The fourth-order valence-corrected chi connectivity index (χ4v) is 8.13. The molecule has 194 valence electrons. The lowest BCUT2D eigenvalue weighted by molar-refractivity contribution is -0.389. The van der Waals surface area contributed by atoms with Gasteiger partial charge in [0.05, 0.1) is 22.9 Å². The molecule has 2 unspecified atom stereocenters. The lowest BCUT2D eigenvalue weighted by Crippen LogP contribution is -2.57. The van der Waals surface area contributed by atoms with Crippen molar-refractivity contribution in [1.29, 1.82) is 0 Å². The number of anilines is 1. The van der Waals surface area contributed by atoms with Crippen LogP contribution in [0.4, 0.5) is 11.6 Å². The van der Waals surface area contributed by atoms with Gasteiger partial charge in [-0.25, -0.2) is 0 Å². The first-order chi connectivity index (χ1) is 17.6.